The maximum Gasteiger partial charge on any atom is 0.174 e. The molecular formula is C16H18N2OS. The van der Waals surface area contributed by atoms with Crippen molar-refractivity contribution in [1.82, 2.24) is 5.32 Å². The fraction of sp³-hybridized carbons (Fsp3) is 0.312. The predicted octanol–water partition coefficient (Wildman–Crippen LogP) is 3.54. The van der Waals surface area contributed by atoms with Crippen LogP contribution in [0, 0.1) is 11.3 Å². The maximum atomic E-state index is 8.46. The van der Waals surface area contributed by atoms with Crippen molar-refractivity contribution in [2.45, 2.75) is 19.4 Å². The minimum atomic E-state index is 0.0912. The van der Waals surface area contributed by atoms with Crippen LogP contribution >= 0.6 is 11.3 Å². The summed E-state index contributed by atoms with van der Waals surface area (Å²) in [5.41, 5.74) is 1.22. The molecule has 0 saturated carbocycles. The zero-order valence-electron chi connectivity index (χ0n) is 11.5. The zero-order chi connectivity index (χ0) is 14.2. The molecule has 104 valence electrons. The molecule has 0 aliphatic heterocycles. The van der Waals surface area contributed by atoms with Crippen LogP contribution in [0.15, 0.2) is 41.8 Å². The second-order valence-corrected chi connectivity index (χ2v) is 5.55. The van der Waals surface area contributed by atoms with Gasteiger partial charge in [0.15, 0.2) is 6.61 Å². The fourth-order valence-electron chi connectivity index (χ4n) is 1.95. The Bertz CT molecular complexity index is 543. The molecule has 0 fully saturated rings. The topological polar surface area (TPSA) is 45.0 Å². The van der Waals surface area contributed by atoms with E-state index in [1.807, 2.05) is 30.3 Å². The third-order valence-corrected chi connectivity index (χ3v) is 4.02. The minimum Gasteiger partial charge on any atom is -0.479 e. The summed E-state index contributed by atoms with van der Waals surface area (Å²) in [4.78, 5) is 1.41. The van der Waals surface area contributed by atoms with Crippen LogP contribution in [0.4, 0.5) is 0 Å². The summed E-state index contributed by atoms with van der Waals surface area (Å²) in [6, 6.07) is 14.4. The Hall–Kier alpha value is -1.83. The van der Waals surface area contributed by atoms with Crippen molar-refractivity contribution < 1.29 is 4.74 Å². The van der Waals surface area contributed by atoms with E-state index in [9.17, 15) is 0 Å². The van der Waals surface area contributed by atoms with Crippen LogP contribution in [0.25, 0.3) is 0 Å². The number of ether oxygens (including phenoxy) is 1. The second kappa shape index (κ2) is 7.68. The molecule has 0 radical (unpaired) electrons. The SMILES string of the molecule is CC(NCCc1cccs1)c1ccc(OCC#N)cc1. The van der Waals surface area contributed by atoms with Crippen LogP contribution in [-0.4, -0.2) is 13.2 Å². The Labute approximate surface area is 123 Å². The van der Waals surface area contributed by atoms with Crippen molar-refractivity contribution in [2.24, 2.45) is 0 Å². The van der Waals surface area contributed by atoms with E-state index < -0.39 is 0 Å². The van der Waals surface area contributed by atoms with Crippen molar-refractivity contribution >= 4 is 11.3 Å². The van der Waals surface area contributed by atoms with Gasteiger partial charge in [0, 0.05) is 17.5 Å². The first-order valence-electron chi connectivity index (χ1n) is 6.65. The van der Waals surface area contributed by atoms with Crippen molar-refractivity contribution in [3.63, 3.8) is 0 Å². The summed E-state index contributed by atoms with van der Waals surface area (Å²) < 4.78 is 5.24. The van der Waals surface area contributed by atoms with Gasteiger partial charge in [-0.1, -0.05) is 18.2 Å². The molecule has 1 aromatic carbocycles. The number of rotatable bonds is 7. The highest BCUT2D eigenvalue weighted by molar-refractivity contribution is 7.09. The van der Waals surface area contributed by atoms with Gasteiger partial charge in [0.05, 0.1) is 0 Å². The third kappa shape index (κ3) is 4.37. The average Bonchev–Trinajstić information content (AvgIpc) is 2.99. The molecule has 0 bridgehead atoms. The molecule has 1 unspecified atom stereocenters. The second-order valence-electron chi connectivity index (χ2n) is 4.52. The molecule has 0 spiro atoms. The molecule has 1 N–H and O–H groups in total. The van der Waals surface area contributed by atoms with Gasteiger partial charge in [0.1, 0.15) is 11.8 Å². The lowest BCUT2D eigenvalue weighted by Crippen LogP contribution is -2.21. The molecule has 4 heteroatoms. The van der Waals surface area contributed by atoms with Crippen molar-refractivity contribution in [1.29, 1.82) is 5.26 Å². The van der Waals surface area contributed by atoms with Gasteiger partial charge in [-0.15, -0.1) is 11.3 Å². The lowest BCUT2D eigenvalue weighted by molar-refractivity contribution is 0.368. The van der Waals surface area contributed by atoms with Crippen LogP contribution in [0.3, 0.4) is 0 Å². The molecular weight excluding hydrogens is 268 g/mol. The number of benzene rings is 1. The Balaban J connectivity index is 1.79. The zero-order valence-corrected chi connectivity index (χ0v) is 12.3. The Morgan fingerprint density at radius 1 is 1.30 bits per heavy atom. The van der Waals surface area contributed by atoms with Gasteiger partial charge in [0.2, 0.25) is 0 Å². The van der Waals surface area contributed by atoms with E-state index in [2.05, 4.69) is 29.8 Å². The van der Waals surface area contributed by atoms with E-state index in [4.69, 9.17) is 10.00 Å². The van der Waals surface area contributed by atoms with E-state index >= 15 is 0 Å². The Morgan fingerprint density at radius 2 is 2.10 bits per heavy atom. The van der Waals surface area contributed by atoms with Crippen LogP contribution in [0.1, 0.15) is 23.4 Å². The summed E-state index contributed by atoms with van der Waals surface area (Å²) in [6.45, 7) is 3.21. The number of nitrogens with zero attached hydrogens (tertiary/aromatic N) is 1. The summed E-state index contributed by atoms with van der Waals surface area (Å²) in [5, 5.41) is 14.1. The fourth-order valence-corrected chi connectivity index (χ4v) is 2.66. The Kier molecular flexibility index (Phi) is 5.60. The van der Waals surface area contributed by atoms with Gasteiger partial charge in [-0.3, -0.25) is 0 Å². The first kappa shape index (κ1) is 14.6. The standard InChI is InChI=1S/C16H18N2OS/c1-13(18-10-8-16-3-2-12-20-16)14-4-6-15(7-5-14)19-11-9-17/h2-7,12-13,18H,8,10-11H2,1H3. The van der Waals surface area contributed by atoms with Gasteiger partial charge in [0.25, 0.3) is 0 Å². The monoisotopic (exact) mass is 286 g/mol. The lowest BCUT2D eigenvalue weighted by Gasteiger charge is -2.14. The molecule has 2 aromatic rings. The molecule has 1 heterocycles. The molecule has 2 rings (SSSR count). The minimum absolute atomic E-state index is 0.0912. The van der Waals surface area contributed by atoms with E-state index in [1.165, 1.54) is 10.4 Å². The highest BCUT2D eigenvalue weighted by Gasteiger charge is 2.05. The van der Waals surface area contributed by atoms with Crippen LogP contribution in [-0.2, 0) is 6.42 Å². The van der Waals surface area contributed by atoms with Gasteiger partial charge in [-0.2, -0.15) is 5.26 Å². The smallest absolute Gasteiger partial charge is 0.174 e. The van der Waals surface area contributed by atoms with Gasteiger partial charge >= 0.3 is 0 Å². The van der Waals surface area contributed by atoms with E-state index in [0.29, 0.717) is 6.04 Å². The molecule has 1 atom stereocenters. The van der Waals surface area contributed by atoms with Crippen molar-refractivity contribution in [2.75, 3.05) is 13.2 Å². The van der Waals surface area contributed by atoms with Crippen LogP contribution < -0.4 is 10.1 Å². The number of thiophene rings is 1. The molecule has 0 aliphatic rings. The van der Waals surface area contributed by atoms with E-state index in [0.717, 1.165) is 18.7 Å². The van der Waals surface area contributed by atoms with Crippen LogP contribution in [0.2, 0.25) is 0 Å². The summed E-state index contributed by atoms with van der Waals surface area (Å²) in [6.07, 6.45) is 1.06. The normalized spacial score (nSPS) is 11.8. The number of nitrogens with one attached hydrogen (secondary N) is 1. The number of hydrogen-bond donors (Lipinski definition) is 1. The van der Waals surface area contributed by atoms with E-state index in [-0.39, 0.29) is 6.61 Å². The van der Waals surface area contributed by atoms with Crippen molar-refractivity contribution in [3.8, 4) is 11.8 Å². The van der Waals surface area contributed by atoms with Gasteiger partial charge < -0.3 is 10.1 Å². The number of nitriles is 1. The van der Waals surface area contributed by atoms with Crippen molar-refractivity contribution in [3.05, 3.63) is 52.2 Å². The summed E-state index contributed by atoms with van der Waals surface area (Å²) in [5.74, 6) is 0.737. The first-order valence-corrected chi connectivity index (χ1v) is 7.53. The molecule has 3 nitrogen and oxygen atoms in total. The van der Waals surface area contributed by atoms with E-state index in [1.54, 1.807) is 11.3 Å². The highest BCUT2D eigenvalue weighted by atomic mass is 32.1. The molecule has 0 saturated heterocycles. The third-order valence-electron chi connectivity index (χ3n) is 3.09. The molecule has 0 aliphatic carbocycles. The van der Waals surface area contributed by atoms with Gasteiger partial charge in [-0.05, 0) is 42.5 Å². The Morgan fingerprint density at radius 3 is 2.75 bits per heavy atom. The molecule has 20 heavy (non-hydrogen) atoms. The molecule has 1 aromatic heterocycles. The highest BCUT2D eigenvalue weighted by Crippen LogP contribution is 2.17. The van der Waals surface area contributed by atoms with Crippen LogP contribution in [0.5, 0.6) is 5.75 Å². The quantitative estimate of drug-likeness (QED) is 0.846. The average molecular weight is 286 g/mol. The summed E-state index contributed by atoms with van der Waals surface area (Å²) >= 11 is 1.80. The first-order chi connectivity index (χ1) is 9.79. The largest absolute Gasteiger partial charge is 0.479 e. The predicted molar refractivity (Wildman–Crippen MR) is 82.0 cm³/mol. The maximum absolute atomic E-state index is 8.46. The summed E-state index contributed by atoms with van der Waals surface area (Å²) in [7, 11) is 0. The lowest BCUT2D eigenvalue weighted by atomic mass is 10.1. The number of hydrogen-bond acceptors (Lipinski definition) is 4. The molecule has 0 amide bonds. The van der Waals surface area contributed by atoms with Gasteiger partial charge in [-0.25, -0.2) is 0 Å².